The predicted octanol–water partition coefficient (Wildman–Crippen LogP) is 3.77. The molecule has 2 fully saturated rings. The summed E-state index contributed by atoms with van der Waals surface area (Å²) in [6.07, 6.45) is 0.199. The molecule has 0 aromatic heterocycles. The second kappa shape index (κ2) is 9.51. The number of piperazine rings is 1. The highest BCUT2D eigenvalue weighted by molar-refractivity contribution is 8.23. The van der Waals surface area contributed by atoms with E-state index in [4.69, 9.17) is 12.2 Å². The average molecular weight is 454 g/mol. The number of aryl methyl sites for hydroxylation is 2. The highest BCUT2D eigenvalue weighted by atomic mass is 32.2. The summed E-state index contributed by atoms with van der Waals surface area (Å²) >= 11 is 7.02. The van der Waals surface area contributed by atoms with Crippen molar-refractivity contribution < 1.29 is 9.59 Å². The van der Waals surface area contributed by atoms with E-state index in [1.807, 2.05) is 38.1 Å². The first-order valence-corrected chi connectivity index (χ1v) is 11.9. The molecular weight excluding hydrogens is 426 g/mol. The fourth-order valence-corrected chi connectivity index (χ4v) is 5.50. The molecule has 0 unspecified atom stereocenters. The van der Waals surface area contributed by atoms with Crippen LogP contribution in [0.3, 0.4) is 0 Å². The summed E-state index contributed by atoms with van der Waals surface area (Å²) in [6.45, 7) is 8.49. The number of nitrogens with zero attached hydrogens (tertiary/aromatic N) is 3. The van der Waals surface area contributed by atoms with Crippen molar-refractivity contribution >= 4 is 45.8 Å². The van der Waals surface area contributed by atoms with E-state index in [2.05, 4.69) is 34.1 Å². The second-order valence-corrected chi connectivity index (χ2v) is 10.00. The zero-order chi connectivity index (χ0) is 22.0. The summed E-state index contributed by atoms with van der Waals surface area (Å²) in [4.78, 5) is 31.5. The molecule has 0 N–H and O–H groups in total. The third kappa shape index (κ3) is 5.00. The molecule has 2 heterocycles. The first kappa shape index (κ1) is 22.0. The van der Waals surface area contributed by atoms with Gasteiger partial charge in [0.1, 0.15) is 9.57 Å². The van der Waals surface area contributed by atoms with Crippen LogP contribution in [0.25, 0.3) is 0 Å². The number of amides is 2. The third-order valence-electron chi connectivity index (χ3n) is 5.98. The monoisotopic (exact) mass is 453 g/mol. The van der Waals surface area contributed by atoms with Crippen molar-refractivity contribution in [2.75, 3.05) is 31.1 Å². The molecule has 0 bridgehead atoms. The number of hydrogen-bond acceptors (Lipinski definition) is 5. The van der Waals surface area contributed by atoms with Gasteiger partial charge < -0.3 is 4.90 Å². The molecule has 2 aliphatic rings. The van der Waals surface area contributed by atoms with Gasteiger partial charge >= 0.3 is 0 Å². The first-order valence-electron chi connectivity index (χ1n) is 10.6. The van der Waals surface area contributed by atoms with Crippen LogP contribution in [0.1, 0.15) is 23.1 Å². The molecular formula is C24H27N3O2S2. The van der Waals surface area contributed by atoms with Crippen molar-refractivity contribution in [3.8, 4) is 0 Å². The Kier molecular flexibility index (Phi) is 6.74. The maximum absolute atomic E-state index is 13.0. The van der Waals surface area contributed by atoms with Crippen molar-refractivity contribution in [1.82, 2.24) is 9.80 Å². The molecule has 2 amide bonds. The van der Waals surface area contributed by atoms with Crippen molar-refractivity contribution in [2.24, 2.45) is 0 Å². The summed E-state index contributed by atoms with van der Waals surface area (Å²) in [7, 11) is 0. The van der Waals surface area contributed by atoms with E-state index in [0.29, 0.717) is 10.0 Å². The minimum Gasteiger partial charge on any atom is -0.355 e. The van der Waals surface area contributed by atoms with Crippen LogP contribution >= 0.6 is 24.0 Å². The molecule has 2 aromatic carbocycles. The molecule has 0 radical (unpaired) electrons. The van der Waals surface area contributed by atoms with E-state index in [1.165, 1.54) is 22.2 Å². The molecule has 31 heavy (non-hydrogen) atoms. The number of rotatable bonds is 4. The van der Waals surface area contributed by atoms with Crippen molar-refractivity contribution in [2.45, 2.75) is 32.1 Å². The van der Waals surface area contributed by atoms with Crippen molar-refractivity contribution in [3.05, 3.63) is 65.2 Å². The second-order valence-electron chi connectivity index (χ2n) is 8.16. The minimum atomic E-state index is -0.441. The van der Waals surface area contributed by atoms with E-state index in [9.17, 15) is 9.59 Å². The summed E-state index contributed by atoms with van der Waals surface area (Å²) in [5.41, 5.74) is 4.18. The van der Waals surface area contributed by atoms with Gasteiger partial charge in [-0.25, -0.2) is 4.90 Å². The Morgan fingerprint density at radius 3 is 2.39 bits per heavy atom. The first-order chi connectivity index (χ1) is 14.9. The van der Waals surface area contributed by atoms with Gasteiger partial charge in [-0.15, -0.1) is 0 Å². The van der Waals surface area contributed by atoms with Gasteiger partial charge in [0.2, 0.25) is 11.8 Å². The SMILES string of the molecule is Cc1ccc(N2C(=O)C[C@@H](SC(=S)N3CCN(Cc4ccccc4)CC3)C2=O)cc1C. The molecule has 7 heteroatoms. The minimum absolute atomic E-state index is 0.152. The Hall–Kier alpha value is -2.22. The molecule has 2 aliphatic heterocycles. The highest BCUT2D eigenvalue weighted by Gasteiger charge is 2.41. The van der Waals surface area contributed by atoms with E-state index < -0.39 is 5.25 Å². The molecule has 0 saturated carbocycles. The average Bonchev–Trinajstić information content (AvgIpc) is 3.04. The fraction of sp³-hybridized carbons (Fsp3) is 0.375. The number of benzene rings is 2. The zero-order valence-electron chi connectivity index (χ0n) is 17.9. The Bertz CT molecular complexity index is 988. The lowest BCUT2D eigenvalue weighted by Crippen LogP contribution is -2.47. The number of anilines is 1. The number of imide groups is 1. The number of carbonyl (C=O) groups is 2. The summed E-state index contributed by atoms with van der Waals surface area (Å²) < 4.78 is 0.715. The largest absolute Gasteiger partial charge is 0.355 e. The van der Waals surface area contributed by atoms with E-state index in [1.54, 1.807) is 0 Å². The zero-order valence-corrected chi connectivity index (χ0v) is 19.5. The number of carbonyl (C=O) groups excluding carboxylic acids is 2. The van der Waals surface area contributed by atoms with E-state index >= 15 is 0 Å². The standard InChI is InChI=1S/C24H27N3O2S2/c1-17-8-9-20(14-18(17)2)27-22(28)15-21(23(27)29)31-24(30)26-12-10-25(11-13-26)16-19-6-4-3-5-7-19/h3-9,14,21H,10-13,15-16H2,1-2H3/t21-/m1/s1. The normalized spacial score (nSPS) is 19.9. The van der Waals surface area contributed by atoms with E-state index in [0.717, 1.165) is 43.9 Å². The van der Waals surface area contributed by atoms with Gasteiger partial charge in [-0.05, 0) is 42.7 Å². The third-order valence-corrected chi connectivity index (χ3v) is 7.64. The van der Waals surface area contributed by atoms with Crippen LogP contribution in [0.4, 0.5) is 5.69 Å². The lowest BCUT2D eigenvalue weighted by atomic mass is 10.1. The smallest absolute Gasteiger partial charge is 0.247 e. The lowest BCUT2D eigenvalue weighted by Gasteiger charge is -2.36. The van der Waals surface area contributed by atoms with Crippen LogP contribution in [0, 0.1) is 13.8 Å². The lowest BCUT2D eigenvalue weighted by molar-refractivity contribution is -0.121. The molecule has 0 spiro atoms. The number of thiocarbonyl (C=S) groups is 1. The Morgan fingerprint density at radius 1 is 1.00 bits per heavy atom. The van der Waals surface area contributed by atoms with Gasteiger partial charge in [-0.1, -0.05) is 60.4 Å². The van der Waals surface area contributed by atoms with Crippen LogP contribution < -0.4 is 4.90 Å². The van der Waals surface area contributed by atoms with Gasteiger partial charge in [0.05, 0.1) is 5.69 Å². The van der Waals surface area contributed by atoms with Crippen LogP contribution in [0.2, 0.25) is 0 Å². The summed E-state index contributed by atoms with van der Waals surface area (Å²) in [5.74, 6) is -0.315. The van der Waals surface area contributed by atoms with Gasteiger partial charge in [-0.2, -0.15) is 0 Å². The molecule has 5 nitrogen and oxygen atoms in total. The van der Waals surface area contributed by atoms with Gasteiger partial charge in [-0.3, -0.25) is 14.5 Å². The predicted molar refractivity (Wildman–Crippen MR) is 130 cm³/mol. The maximum Gasteiger partial charge on any atom is 0.247 e. The van der Waals surface area contributed by atoms with Gasteiger partial charge in [0.25, 0.3) is 0 Å². The Morgan fingerprint density at radius 2 is 1.71 bits per heavy atom. The summed E-state index contributed by atoms with van der Waals surface area (Å²) in [5, 5.41) is -0.441. The van der Waals surface area contributed by atoms with Crippen LogP contribution in [0.15, 0.2) is 48.5 Å². The maximum atomic E-state index is 13.0. The molecule has 0 aliphatic carbocycles. The van der Waals surface area contributed by atoms with Gasteiger partial charge in [0, 0.05) is 39.1 Å². The van der Waals surface area contributed by atoms with E-state index in [-0.39, 0.29) is 18.2 Å². The van der Waals surface area contributed by atoms with Crippen molar-refractivity contribution in [3.63, 3.8) is 0 Å². The molecule has 2 saturated heterocycles. The Balaban J connectivity index is 1.32. The van der Waals surface area contributed by atoms with Gasteiger partial charge in [0.15, 0.2) is 0 Å². The number of thioether (sulfide) groups is 1. The fourth-order valence-electron chi connectivity index (χ4n) is 3.96. The van der Waals surface area contributed by atoms with Crippen LogP contribution in [0.5, 0.6) is 0 Å². The molecule has 2 aromatic rings. The van der Waals surface area contributed by atoms with Crippen LogP contribution in [-0.2, 0) is 16.1 Å². The summed E-state index contributed by atoms with van der Waals surface area (Å²) in [6, 6.07) is 16.2. The highest BCUT2D eigenvalue weighted by Crippen LogP contribution is 2.32. The Labute approximate surface area is 193 Å². The topological polar surface area (TPSA) is 43.9 Å². The molecule has 162 valence electrons. The number of hydrogen-bond donors (Lipinski definition) is 0. The molecule has 1 atom stereocenters. The quantitative estimate of drug-likeness (QED) is 0.519. The van der Waals surface area contributed by atoms with Crippen molar-refractivity contribution in [1.29, 1.82) is 0 Å². The van der Waals surface area contributed by atoms with Crippen LogP contribution in [-0.4, -0.2) is 57.4 Å². The molecule has 4 rings (SSSR count).